The molecule has 1 amide bonds. The number of nitrogens with zero attached hydrogens (tertiary/aromatic N) is 4. The minimum atomic E-state index is -4.46. The highest BCUT2D eigenvalue weighted by molar-refractivity contribution is 5.86. The number of amides is 1. The number of nitrogens with two attached hydrogens (primary N) is 1. The average Bonchev–Trinajstić information content (AvgIpc) is 2.81. The number of carbonyl (C=O) groups is 1. The molecule has 1 aromatic heterocycles. The highest BCUT2D eigenvalue weighted by Crippen LogP contribution is 2.33. The highest BCUT2D eigenvalue weighted by Gasteiger charge is 2.37. The van der Waals surface area contributed by atoms with Crippen molar-refractivity contribution < 1.29 is 22.4 Å². The lowest BCUT2D eigenvalue weighted by molar-refractivity contribution is -0.137. The fraction of sp³-hybridized carbons (Fsp3) is 0.522. The van der Waals surface area contributed by atoms with Crippen molar-refractivity contribution in [2.24, 2.45) is 0 Å². The second-order valence-corrected chi connectivity index (χ2v) is 8.78. The van der Waals surface area contributed by atoms with Crippen LogP contribution in [0.3, 0.4) is 0 Å². The summed E-state index contributed by atoms with van der Waals surface area (Å²) in [6.45, 7) is 3.31. The maximum absolute atomic E-state index is 14.5. The zero-order chi connectivity index (χ0) is 24.5. The predicted molar refractivity (Wildman–Crippen MR) is 121 cm³/mol. The molecule has 0 radical (unpaired) electrons. The largest absolute Gasteiger partial charge is 0.416 e. The van der Waals surface area contributed by atoms with Crippen molar-refractivity contribution in [1.82, 2.24) is 14.9 Å². The van der Waals surface area contributed by atoms with E-state index in [9.17, 15) is 22.4 Å². The summed E-state index contributed by atoms with van der Waals surface area (Å²) in [6, 6.07) is 3.07. The second kappa shape index (κ2) is 9.63. The molecule has 3 heterocycles. The molecule has 34 heavy (non-hydrogen) atoms. The molecule has 2 atom stereocenters. The van der Waals surface area contributed by atoms with E-state index in [2.05, 4.69) is 15.3 Å². The van der Waals surface area contributed by atoms with Crippen molar-refractivity contribution in [3.8, 4) is 0 Å². The SMILES string of the molecule is CCc1cc(N[C@@H]2CCCN([C@@H]3CCCN(c4ncnc(N)c4F)C3)C2=O)cc(C(F)(F)F)c1. The van der Waals surface area contributed by atoms with Gasteiger partial charge in [-0.2, -0.15) is 17.6 Å². The molecule has 4 rings (SSSR count). The third-order valence-electron chi connectivity index (χ3n) is 6.48. The smallest absolute Gasteiger partial charge is 0.381 e. The Kier molecular flexibility index (Phi) is 6.81. The Labute approximate surface area is 195 Å². The maximum atomic E-state index is 14.5. The van der Waals surface area contributed by atoms with Gasteiger partial charge in [-0.3, -0.25) is 4.79 Å². The van der Waals surface area contributed by atoms with Gasteiger partial charge < -0.3 is 20.9 Å². The van der Waals surface area contributed by atoms with Gasteiger partial charge >= 0.3 is 6.18 Å². The molecule has 2 aromatic rings. The van der Waals surface area contributed by atoms with Gasteiger partial charge in [-0.25, -0.2) is 9.97 Å². The molecule has 7 nitrogen and oxygen atoms in total. The number of anilines is 3. The van der Waals surface area contributed by atoms with Crippen LogP contribution in [0, 0.1) is 5.82 Å². The van der Waals surface area contributed by atoms with E-state index < -0.39 is 23.6 Å². The third kappa shape index (κ3) is 5.02. The summed E-state index contributed by atoms with van der Waals surface area (Å²) in [4.78, 5) is 24.6. The Balaban J connectivity index is 1.50. The van der Waals surface area contributed by atoms with Crippen molar-refractivity contribution in [2.45, 2.75) is 57.3 Å². The second-order valence-electron chi connectivity index (χ2n) is 8.78. The monoisotopic (exact) mass is 480 g/mol. The molecule has 1 aromatic carbocycles. The molecule has 2 aliphatic heterocycles. The number of carbonyl (C=O) groups excluding carboxylic acids is 1. The Hall–Kier alpha value is -3.11. The number of nitrogens with one attached hydrogen (secondary N) is 1. The zero-order valence-electron chi connectivity index (χ0n) is 18.9. The van der Waals surface area contributed by atoms with Crippen molar-refractivity contribution in [3.63, 3.8) is 0 Å². The fourth-order valence-corrected chi connectivity index (χ4v) is 4.74. The van der Waals surface area contributed by atoms with Crippen LogP contribution in [0.4, 0.5) is 34.9 Å². The number of alkyl halides is 3. The first-order valence-electron chi connectivity index (χ1n) is 11.5. The van der Waals surface area contributed by atoms with Gasteiger partial charge in [0.1, 0.15) is 12.4 Å². The normalized spacial score (nSPS) is 21.6. The lowest BCUT2D eigenvalue weighted by Crippen LogP contribution is -2.56. The van der Waals surface area contributed by atoms with Crippen LogP contribution in [0.5, 0.6) is 0 Å². The van der Waals surface area contributed by atoms with Gasteiger partial charge in [0.15, 0.2) is 11.6 Å². The molecular weight excluding hydrogens is 452 g/mol. The number of piperidine rings is 2. The molecule has 2 fully saturated rings. The van der Waals surface area contributed by atoms with Gasteiger partial charge in [-0.15, -0.1) is 0 Å². The van der Waals surface area contributed by atoms with E-state index in [4.69, 9.17) is 5.73 Å². The summed E-state index contributed by atoms with van der Waals surface area (Å²) in [7, 11) is 0. The van der Waals surface area contributed by atoms with E-state index in [1.54, 1.807) is 22.8 Å². The number of benzene rings is 1. The molecular formula is C23H28F4N6O. The lowest BCUT2D eigenvalue weighted by Gasteiger charge is -2.43. The van der Waals surface area contributed by atoms with Gasteiger partial charge in [0.2, 0.25) is 11.7 Å². The fourth-order valence-electron chi connectivity index (χ4n) is 4.74. The topological polar surface area (TPSA) is 87.4 Å². The molecule has 0 spiro atoms. The van der Waals surface area contributed by atoms with Gasteiger partial charge in [0.25, 0.3) is 0 Å². The minimum Gasteiger partial charge on any atom is -0.381 e. The number of hydrogen-bond donors (Lipinski definition) is 2. The van der Waals surface area contributed by atoms with Gasteiger partial charge in [0.05, 0.1) is 5.56 Å². The number of aromatic nitrogens is 2. The van der Waals surface area contributed by atoms with Crippen LogP contribution in [0.25, 0.3) is 0 Å². The summed E-state index contributed by atoms with van der Waals surface area (Å²) in [5.74, 6) is -0.939. The van der Waals surface area contributed by atoms with Gasteiger partial charge in [0, 0.05) is 31.4 Å². The first-order chi connectivity index (χ1) is 16.2. The third-order valence-corrected chi connectivity index (χ3v) is 6.48. The number of halogens is 4. The highest BCUT2D eigenvalue weighted by atomic mass is 19.4. The van der Waals surface area contributed by atoms with E-state index in [-0.39, 0.29) is 29.3 Å². The van der Waals surface area contributed by atoms with Gasteiger partial charge in [-0.05, 0) is 55.9 Å². The molecule has 0 bridgehead atoms. The van der Waals surface area contributed by atoms with Crippen LogP contribution >= 0.6 is 0 Å². The molecule has 0 aliphatic carbocycles. The van der Waals surface area contributed by atoms with E-state index in [1.807, 2.05) is 0 Å². The van der Waals surface area contributed by atoms with Crippen LogP contribution in [-0.2, 0) is 17.4 Å². The molecule has 2 saturated heterocycles. The Morgan fingerprint density at radius 3 is 2.65 bits per heavy atom. The summed E-state index contributed by atoms with van der Waals surface area (Å²) in [5.41, 5.74) is 5.68. The van der Waals surface area contributed by atoms with E-state index in [0.29, 0.717) is 44.5 Å². The lowest BCUT2D eigenvalue weighted by atomic mass is 9.97. The number of aryl methyl sites for hydroxylation is 1. The Morgan fingerprint density at radius 2 is 1.91 bits per heavy atom. The van der Waals surface area contributed by atoms with Crippen molar-refractivity contribution in [2.75, 3.05) is 35.6 Å². The summed E-state index contributed by atoms with van der Waals surface area (Å²) in [6.07, 6.45) is -0.0668. The van der Waals surface area contributed by atoms with Crippen LogP contribution in [0.15, 0.2) is 24.5 Å². The van der Waals surface area contributed by atoms with E-state index in [1.165, 1.54) is 6.33 Å². The Bertz CT molecular complexity index is 1050. The van der Waals surface area contributed by atoms with Crippen LogP contribution in [0.1, 0.15) is 43.7 Å². The van der Waals surface area contributed by atoms with Crippen molar-refractivity contribution in [1.29, 1.82) is 0 Å². The molecule has 0 unspecified atom stereocenters. The number of hydrogen-bond acceptors (Lipinski definition) is 6. The van der Waals surface area contributed by atoms with Crippen LogP contribution in [-0.4, -0.2) is 52.5 Å². The number of likely N-dealkylation sites (tertiary alicyclic amines) is 1. The van der Waals surface area contributed by atoms with Crippen molar-refractivity contribution in [3.05, 3.63) is 41.5 Å². The van der Waals surface area contributed by atoms with Crippen molar-refractivity contribution >= 4 is 23.2 Å². The predicted octanol–water partition coefficient (Wildman–Crippen LogP) is 3.85. The number of rotatable bonds is 5. The maximum Gasteiger partial charge on any atom is 0.416 e. The molecule has 3 N–H and O–H groups in total. The number of nitrogen functional groups attached to an aromatic ring is 1. The van der Waals surface area contributed by atoms with Crippen LogP contribution in [0.2, 0.25) is 0 Å². The molecule has 11 heteroatoms. The first-order valence-corrected chi connectivity index (χ1v) is 11.5. The first kappa shape index (κ1) is 24.0. The van der Waals surface area contributed by atoms with E-state index in [0.717, 1.165) is 25.0 Å². The van der Waals surface area contributed by atoms with Gasteiger partial charge in [-0.1, -0.05) is 6.92 Å². The van der Waals surface area contributed by atoms with E-state index >= 15 is 0 Å². The average molecular weight is 481 g/mol. The zero-order valence-corrected chi connectivity index (χ0v) is 18.9. The minimum absolute atomic E-state index is 0.118. The molecule has 2 aliphatic rings. The quantitative estimate of drug-likeness (QED) is 0.633. The summed E-state index contributed by atoms with van der Waals surface area (Å²) >= 11 is 0. The standard InChI is InChI=1S/C23H28F4N6O/c1-2-14-9-15(23(25,26)27)11-16(10-14)31-18-6-4-8-33(22(18)34)17-5-3-7-32(12-17)21-19(24)20(28)29-13-30-21/h9-11,13,17-18,31H,2-8,12H2,1H3,(H2,28,29,30)/t17-,18-/m1/s1. The van der Waals surface area contributed by atoms with Crippen LogP contribution < -0.4 is 16.0 Å². The summed E-state index contributed by atoms with van der Waals surface area (Å²) < 4.78 is 54.4. The molecule has 184 valence electrons. The summed E-state index contributed by atoms with van der Waals surface area (Å²) in [5, 5.41) is 3.04. The molecule has 0 saturated carbocycles. The Morgan fingerprint density at radius 1 is 1.15 bits per heavy atom.